The number of hydrogen-bond acceptors (Lipinski definition) is 2. The van der Waals surface area contributed by atoms with Crippen molar-refractivity contribution < 1.29 is 9.53 Å². The highest BCUT2D eigenvalue weighted by molar-refractivity contribution is 7.80. The summed E-state index contributed by atoms with van der Waals surface area (Å²) in [6, 6.07) is 28.5. The van der Waals surface area contributed by atoms with Gasteiger partial charge in [0.1, 0.15) is 21.5 Å². The van der Waals surface area contributed by atoms with E-state index in [2.05, 4.69) is 24.3 Å². The minimum absolute atomic E-state index is 0.282. The number of carbonyl (C=O) groups excluding carboxylic acids is 1. The summed E-state index contributed by atoms with van der Waals surface area (Å²) >= 11 is 0. The quantitative estimate of drug-likeness (QED) is 0.545. The first-order chi connectivity index (χ1) is 11.3. The number of ether oxygens (including phenoxy) is 1. The Morgan fingerprint density at radius 1 is 0.739 bits per heavy atom. The zero-order valence-electron chi connectivity index (χ0n) is 12.9. The van der Waals surface area contributed by atoms with Crippen molar-refractivity contribution in [2.24, 2.45) is 0 Å². The molecule has 3 rings (SSSR count). The van der Waals surface area contributed by atoms with Crippen LogP contribution < -0.4 is 15.9 Å². The monoisotopic (exact) mass is 321 g/mol. The van der Waals surface area contributed by atoms with Gasteiger partial charge in [-0.05, 0) is 36.4 Å². The van der Waals surface area contributed by atoms with E-state index in [4.69, 9.17) is 4.74 Å². The second kappa shape index (κ2) is 7.21. The zero-order chi connectivity index (χ0) is 16.1. The third-order valence-corrected chi connectivity index (χ3v) is 6.52. The molecule has 0 aliphatic carbocycles. The fraction of sp³-hybridized carbons (Fsp3) is 0.0500. The second-order valence-corrected chi connectivity index (χ2v) is 7.59. The Hall–Kier alpha value is -2.44. The lowest BCUT2D eigenvalue weighted by atomic mass is 10.2. The molecule has 114 valence electrons. The molecule has 0 atom stereocenters. The zero-order valence-corrected chi connectivity index (χ0v) is 13.9. The molecule has 0 saturated heterocycles. The molecule has 3 aromatic carbocycles. The van der Waals surface area contributed by atoms with E-state index in [1.165, 1.54) is 17.7 Å². The summed E-state index contributed by atoms with van der Waals surface area (Å²) in [5.74, 6) is -0.282. The summed E-state index contributed by atoms with van der Waals surface area (Å²) < 4.78 is 4.98. The highest BCUT2D eigenvalue weighted by Gasteiger charge is 2.30. The second-order valence-electron chi connectivity index (χ2n) is 5.14. The normalized spacial score (nSPS) is 10.5. The minimum atomic E-state index is -1.26. The van der Waals surface area contributed by atoms with Crippen molar-refractivity contribution in [3.63, 3.8) is 0 Å². The van der Waals surface area contributed by atoms with E-state index in [1.54, 1.807) is 0 Å². The summed E-state index contributed by atoms with van der Waals surface area (Å²) in [5, 5.41) is 3.56. The number of methoxy groups -OCH3 is 1. The van der Waals surface area contributed by atoms with Crippen LogP contribution in [0.5, 0.6) is 0 Å². The molecule has 0 heterocycles. The lowest BCUT2D eigenvalue weighted by Gasteiger charge is -2.13. The molecule has 0 bridgehead atoms. The fourth-order valence-corrected chi connectivity index (χ4v) is 5.40. The van der Waals surface area contributed by atoms with Crippen LogP contribution in [-0.4, -0.2) is 13.1 Å². The summed E-state index contributed by atoms with van der Waals surface area (Å²) in [6.45, 7) is 0. The maximum absolute atomic E-state index is 12.2. The first-order valence-corrected chi connectivity index (χ1v) is 8.97. The highest BCUT2D eigenvalue weighted by atomic mass is 31.1. The number of hydrogen-bond donors (Lipinski definition) is 0. The van der Waals surface area contributed by atoms with E-state index in [0.717, 1.165) is 5.30 Å². The topological polar surface area (TPSA) is 26.3 Å². The Kier molecular flexibility index (Phi) is 4.85. The standard InChI is InChI=1S/C20H17O2P/c1-22-20(21)18-14-8-9-15-19(18)23(16-10-4-2-5-11-16)17-12-6-3-7-13-17/h2-15H,1H3/p+1. The van der Waals surface area contributed by atoms with E-state index < -0.39 is 7.92 Å². The Morgan fingerprint density at radius 3 is 1.74 bits per heavy atom. The van der Waals surface area contributed by atoms with Crippen molar-refractivity contribution in [1.82, 2.24) is 0 Å². The number of benzene rings is 3. The fourth-order valence-electron chi connectivity index (χ4n) is 2.68. The van der Waals surface area contributed by atoms with E-state index in [-0.39, 0.29) is 5.97 Å². The van der Waals surface area contributed by atoms with Crippen molar-refractivity contribution in [3.05, 3.63) is 90.5 Å². The number of esters is 1. The summed E-state index contributed by atoms with van der Waals surface area (Å²) in [4.78, 5) is 12.2. The maximum Gasteiger partial charge on any atom is 0.341 e. The minimum Gasteiger partial charge on any atom is -0.465 e. The molecule has 0 aliphatic rings. The molecule has 2 nitrogen and oxygen atoms in total. The van der Waals surface area contributed by atoms with Gasteiger partial charge in [0.2, 0.25) is 0 Å². The molecule has 3 heteroatoms. The van der Waals surface area contributed by atoms with Crippen molar-refractivity contribution in [2.45, 2.75) is 0 Å². The number of carbonyl (C=O) groups is 1. The molecule has 0 spiro atoms. The SMILES string of the molecule is COC(=O)c1ccccc1[PH+](c1ccccc1)c1ccccc1. The molecule has 0 aromatic heterocycles. The molecular weight excluding hydrogens is 303 g/mol. The Morgan fingerprint density at radius 2 is 1.22 bits per heavy atom. The predicted octanol–water partition coefficient (Wildman–Crippen LogP) is 2.96. The smallest absolute Gasteiger partial charge is 0.341 e. The summed E-state index contributed by atoms with van der Waals surface area (Å²) in [5.41, 5.74) is 0.650. The molecule has 0 unspecified atom stereocenters. The predicted molar refractivity (Wildman–Crippen MR) is 97.9 cm³/mol. The van der Waals surface area contributed by atoms with E-state index in [9.17, 15) is 4.79 Å². The van der Waals surface area contributed by atoms with Crippen LogP contribution in [0.15, 0.2) is 84.9 Å². The number of rotatable bonds is 4. The molecule has 0 amide bonds. The van der Waals surface area contributed by atoms with Crippen LogP contribution in [0.1, 0.15) is 10.4 Å². The molecule has 0 aliphatic heterocycles. The average molecular weight is 321 g/mol. The van der Waals surface area contributed by atoms with Gasteiger partial charge in [-0.25, -0.2) is 4.79 Å². The van der Waals surface area contributed by atoms with Crippen LogP contribution in [0.2, 0.25) is 0 Å². The van der Waals surface area contributed by atoms with Gasteiger partial charge in [-0.1, -0.05) is 48.5 Å². The van der Waals surface area contributed by atoms with Crippen molar-refractivity contribution in [3.8, 4) is 0 Å². The molecule has 0 saturated carbocycles. The van der Waals surface area contributed by atoms with Gasteiger partial charge >= 0.3 is 5.97 Å². The Bertz CT molecular complexity index is 746. The van der Waals surface area contributed by atoms with Crippen molar-refractivity contribution >= 4 is 29.8 Å². The van der Waals surface area contributed by atoms with Gasteiger partial charge in [-0.15, -0.1) is 0 Å². The lowest BCUT2D eigenvalue weighted by molar-refractivity contribution is 0.0602. The van der Waals surface area contributed by atoms with Gasteiger partial charge in [0.15, 0.2) is 0 Å². The first-order valence-electron chi connectivity index (χ1n) is 7.47. The van der Waals surface area contributed by atoms with Crippen LogP contribution in [0.4, 0.5) is 0 Å². The molecular formula is C20H18O2P+. The van der Waals surface area contributed by atoms with Crippen LogP contribution in [0.3, 0.4) is 0 Å². The van der Waals surface area contributed by atoms with E-state index in [1.807, 2.05) is 60.7 Å². The van der Waals surface area contributed by atoms with E-state index in [0.29, 0.717) is 5.56 Å². The molecule has 23 heavy (non-hydrogen) atoms. The third kappa shape index (κ3) is 3.33. The van der Waals surface area contributed by atoms with Gasteiger partial charge in [-0.2, -0.15) is 0 Å². The van der Waals surface area contributed by atoms with Crippen LogP contribution in [0.25, 0.3) is 0 Å². The largest absolute Gasteiger partial charge is 0.465 e. The van der Waals surface area contributed by atoms with Gasteiger partial charge in [0.25, 0.3) is 0 Å². The van der Waals surface area contributed by atoms with Gasteiger partial charge in [0.05, 0.1) is 15.0 Å². The summed E-state index contributed by atoms with van der Waals surface area (Å²) in [6.07, 6.45) is 0. The van der Waals surface area contributed by atoms with Crippen molar-refractivity contribution in [2.75, 3.05) is 7.11 Å². The van der Waals surface area contributed by atoms with Gasteiger partial charge in [0, 0.05) is 0 Å². The maximum atomic E-state index is 12.2. The molecule has 0 radical (unpaired) electrons. The van der Waals surface area contributed by atoms with E-state index >= 15 is 0 Å². The molecule has 0 fully saturated rings. The average Bonchev–Trinajstić information content (AvgIpc) is 2.63. The van der Waals surface area contributed by atoms with Gasteiger partial charge < -0.3 is 4.74 Å². The van der Waals surface area contributed by atoms with Crippen LogP contribution in [0, 0.1) is 0 Å². The lowest BCUT2D eigenvalue weighted by Crippen LogP contribution is -2.25. The third-order valence-electron chi connectivity index (χ3n) is 3.73. The molecule has 0 N–H and O–H groups in total. The van der Waals surface area contributed by atoms with Gasteiger partial charge in [-0.3, -0.25) is 0 Å². The highest BCUT2D eigenvalue weighted by Crippen LogP contribution is 2.34. The Balaban J connectivity index is 2.20. The van der Waals surface area contributed by atoms with Crippen molar-refractivity contribution in [1.29, 1.82) is 0 Å². The van der Waals surface area contributed by atoms with Crippen LogP contribution in [-0.2, 0) is 4.74 Å². The summed E-state index contributed by atoms with van der Waals surface area (Å²) in [7, 11) is 0.165. The first kappa shape index (κ1) is 15.5. The molecule has 3 aromatic rings. The Labute approximate surface area is 137 Å². The van der Waals surface area contributed by atoms with Crippen LogP contribution >= 0.6 is 7.92 Å².